The van der Waals surface area contributed by atoms with E-state index >= 15 is 0 Å². The molecule has 0 bridgehead atoms. The lowest BCUT2D eigenvalue weighted by Crippen LogP contribution is -2.29. The van der Waals surface area contributed by atoms with Crippen molar-refractivity contribution in [1.82, 2.24) is 14.7 Å². The molecular weight excluding hydrogens is 278 g/mol. The van der Waals surface area contributed by atoms with Gasteiger partial charge in [0.1, 0.15) is 9.84 Å². The van der Waals surface area contributed by atoms with Crippen molar-refractivity contribution in [3.63, 3.8) is 0 Å². The minimum atomic E-state index is -2.93. The molecule has 20 heavy (non-hydrogen) atoms. The molecule has 7 heteroatoms. The van der Waals surface area contributed by atoms with Gasteiger partial charge in [-0.15, -0.1) is 0 Å². The Bertz CT molecular complexity index is 580. The van der Waals surface area contributed by atoms with Crippen molar-refractivity contribution in [3.05, 3.63) is 11.3 Å². The van der Waals surface area contributed by atoms with E-state index in [1.165, 1.54) is 6.26 Å². The fourth-order valence-corrected chi connectivity index (χ4v) is 3.55. The highest BCUT2D eigenvalue weighted by Gasteiger charge is 2.32. The lowest BCUT2D eigenvalue weighted by atomic mass is 10.1. The summed E-state index contributed by atoms with van der Waals surface area (Å²) in [7, 11) is 0.583. The van der Waals surface area contributed by atoms with Gasteiger partial charge >= 0.3 is 0 Å². The molecule has 0 aromatic carbocycles. The SMILES string of the molecule is COc1c(C2CCCN2CCS(C)(=O)=O)c(C)nn1C. The van der Waals surface area contributed by atoms with Crippen LogP contribution >= 0.6 is 0 Å². The summed E-state index contributed by atoms with van der Waals surface area (Å²) < 4.78 is 29.9. The molecule has 1 saturated heterocycles. The molecule has 1 aromatic rings. The standard InChI is InChI=1S/C13H23N3O3S/c1-10-12(13(19-3)15(2)14-10)11-6-5-7-16(11)8-9-20(4,17)18/h11H,5-9H2,1-4H3. The molecule has 114 valence electrons. The van der Waals surface area contributed by atoms with Crippen LogP contribution in [0.25, 0.3) is 0 Å². The Hall–Kier alpha value is -1.08. The number of nitrogens with zero attached hydrogens (tertiary/aromatic N) is 3. The van der Waals surface area contributed by atoms with E-state index in [0.29, 0.717) is 6.54 Å². The Morgan fingerprint density at radius 1 is 1.45 bits per heavy atom. The number of rotatable bonds is 5. The van der Waals surface area contributed by atoms with Crippen molar-refractivity contribution in [3.8, 4) is 5.88 Å². The predicted molar refractivity (Wildman–Crippen MR) is 77.8 cm³/mol. The normalized spacial score (nSPS) is 20.5. The third-order valence-electron chi connectivity index (χ3n) is 3.85. The van der Waals surface area contributed by atoms with E-state index < -0.39 is 9.84 Å². The zero-order valence-electron chi connectivity index (χ0n) is 12.6. The van der Waals surface area contributed by atoms with Crippen molar-refractivity contribution >= 4 is 9.84 Å². The van der Waals surface area contributed by atoms with Gasteiger partial charge in [-0.2, -0.15) is 5.10 Å². The van der Waals surface area contributed by atoms with E-state index in [0.717, 1.165) is 36.5 Å². The van der Waals surface area contributed by atoms with E-state index in [1.54, 1.807) is 11.8 Å². The van der Waals surface area contributed by atoms with Gasteiger partial charge in [0, 0.05) is 25.9 Å². The quantitative estimate of drug-likeness (QED) is 0.809. The molecular formula is C13H23N3O3S. The Morgan fingerprint density at radius 3 is 2.75 bits per heavy atom. The van der Waals surface area contributed by atoms with Gasteiger partial charge in [0.25, 0.3) is 0 Å². The summed E-state index contributed by atoms with van der Waals surface area (Å²) in [4.78, 5) is 2.23. The lowest BCUT2D eigenvalue weighted by molar-refractivity contribution is 0.263. The lowest BCUT2D eigenvalue weighted by Gasteiger charge is -2.24. The fourth-order valence-electron chi connectivity index (χ4n) is 2.98. The summed E-state index contributed by atoms with van der Waals surface area (Å²) in [5, 5.41) is 4.42. The minimum absolute atomic E-state index is 0.200. The molecule has 2 rings (SSSR count). The first-order valence-electron chi connectivity index (χ1n) is 6.82. The largest absolute Gasteiger partial charge is 0.481 e. The molecule has 0 amide bonds. The summed E-state index contributed by atoms with van der Waals surface area (Å²) >= 11 is 0. The van der Waals surface area contributed by atoms with E-state index in [2.05, 4.69) is 10.00 Å². The van der Waals surface area contributed by atoms with Crippen LogP contribution < -0.4 is 4.74 Å². The van der Waals surface area contributed by atoms with Crippen LogP contribution in [0, 0.1) is 6.92 Å². The maximum Gasteiger partial charge on any atom is 0.216 e. The van der Waals surface area contributed by atoms with Gasteiger partial charge in [-0.05, 0) is 26.3 Å². The zero-order valence-corrected chi connectivity index (χ0v) is 13.4. The summed E-state index contributed by atoms with van der Waals surface area (Å²) in [5.41, 5.74) is 2.06. The maximum absolute atomic E-state index is 11.4. The van der Waals surface area contributed by atoms with Crippen molar-refractivity contribution < 1.29 is 13.2 Å². The van der Waals surface area contributed by atoms with Gasteiger partial charge in [-0.25, -0.2) is 13.1 Å². The highest BCUT2D eigenvalue weighted by molar-refractivity contribution is 7.90. The first kappa shape index (κ1) is 15.3. The smallest absolute Gasteiger partial charge is 0.216 e. The summed E-state index contributed by atoms with van der Waals surface area (Å²) in [6.07, 6.45) is 3.38. The molecule has 1 aromatic heterocycles. The molecule has 0 saturated carbocycles. The highest BCUT2D eigenvalue weighted by atomic mass is 32.2. The number of aromatic nitrogens is 2. The van der Waals surface area contributed by atoms with Crippen molar-refractivity contribution in [1.29, 1.82) is 0 Å². The van der Waals surface area contributed by atoms with Crippen LogP contribution in [0.3, 0.4) is 0 Å². The van der Waals surface area contributed by atoms with Crippen LogP contribution in [-0.2, 0) is 16.9 Å². The van der Waals surface area contributed by atoms with Crippen LogP contribution in [0.5, 0.6) is 5.88 Å². The van der Waals surface area contributed by atoms with E-state index in [1.807, 2.05) is 14.0 Å². The fraction of sp³-hybridized carbons (Fsp3) is 0.769. The van der Waals surface area contributed by atoms with E-state index in [4.69, 9.17) is 4.74 Å². The van der Waals surface area contributed by atoms with Crippen LogP contribution in [0.15, 0.2) is 0 Å². The summed E-state index contributed by atoms with van der Waals surface area (Å²) in [6, 6.07) is 0.209. The Kier molecular flexibility index (Phi) is 4.39. The van der Waals surface area contributed by atoms with Gasteiger partial charge in [-0.1, -0.05) is 0 Å². The summed E-state index contributed by atoms with van der Waals surface area (Å²) in [6.45, 7) is 3.48. The second-order valence-corrected chi connectivity index (χ2v) is 7.72. The number of hydrogen-bond acceptors (Lipinski definition) is 5. The van der Waals surface area contributed by atoms with Crippen LogP contribution in [0.2, 0.25) is 0 Å². The van der Waals surface area contributed by atoms with Gasteiger partial charge in [-0.3, -0.25) is 4.90 Å². The molecule has 1 atom stereocenters. The van der Waals surface area contributed by atoms with E-state index in [-0.39, 0.29) is 11.8 Å². The molecule has 0 N–H and O–H groups in total. The maximum atomic E-state index is 11.4. The van der Waals surface area contributed by atoms with Crippen molar-refractivity contribution in [2.24, 2.45) is 7.05 Å². The molecule has 1 unspecified atom stereocenters. The number of aryl methyl sites for hydroxylation is 2. The van der Waals surface area contributed by atoms with Gasteiger partial charge in [0.05, 0.1) is 24.1 Å². The average Bonchev–Trinajstić information content (AvgIpc) is 2.89. The van der Waals surface area contributed by atoms with Crippen molar-refractivity contribution in [2.75, 3.05) is 32.2 Å². The van der Waals surface area contributed by atoms with Crippen LogP contribution in [-0.4, -0.2) is 55.3 Å². The highest BCUT2D eigenvalue weighted by Crippen LogP contribution is 2.38. The van der Waals surface area contributed by atoms with Gasteiger partial charge in [0.2, 0.25) is 5.88 Å². The Balaban J connectivity index is 2.23. The molecule has 0 radical (unpaired) electrons. The Labute approximate surface area is 120 Å². The number of hydrogen-bond donors (Lipinski definition) is 0. The molecule has 6 nitrogen and oxygen atoms in total. The van der Waals surface area contributed by atoms with E-state index in [9.17, 15) is 8.42 Å². The molecule has 0 spiro atoms. The monoisotopic (exact) mass is 301 g/mol. The molecule has 2 heterocycles. The number of methoxy groups -OCH3 is 1. The second-order valence-electron chi connectivity index (χ2n) is 5.46. The first-order valence-corrected chi connectivity index (χ1v) is 8.89. The molecule has 0 aliphatic carbocycles. The second kappa shape index (κ2) is 5.73. The molecule has 1 aliphatic rings. The number of ether oxygens (including phenoxy) is 1. The molecule has 1 aliphatic heterocycles. The third kappa shape index (κ3) is 3.15. The minimum Gasteiger partial charge on any atom is -0.481 e. The third-order valence-corrected chi connectivity index (χ3v) is 4.78. The topological polar surface area (TPSA) is 64.4 Å². The first-order chi connectivity index (χ1) is 9.33. The van der Waals surface area contributed by atoms with Crippen LogP contribution in [0.1, 0.15) is 30.1 Å². The van der Waals surface area contributed by atoms with Crippen LogP contribution in [0.4, 0.5) is 0 Å². The van der Waals surface area contributed by atoms with Gasteiger partial charge < -0.3 is 4.74 Å². The Morgan fingerprint density at radius 2 is 2.15 bits per heavy atom. The number of likely N-dealkylation sites (tertiary alicyclic amines) is 1. The predicted octanol–water partition coefficient (Wildman–Crippen LogP) is 0.919. The van der Waals surface area contributed by atoms with Crippen molar-refractivity contribution in [2.45, 2.75) is 25.8 Å². The van der Waals surface area contributed by atoms with Gasteiger partial charge in [0.15, 0.2) is 0 Å². The zero-order chi connectivity index (χ0) is 14.9. The number of sulfone groups is 1. The average molecular weight is 301 g/mol. The molecule has 1 fully saturated rings. The summed E-state index contributed by atoms with van der Waals surface area (Å²) in [5.74, 6) is 0.976.